The molecule has 4 rings (SSSR count). The van der Waals surface area contributed by atoms with Crippen molar-refractivity contribution in [3.8, 4) is 5.75 Å². The summed E-state index contributed by atoms with van der Waals surface area (Å²) in [5, 5.41) is 1.07. The first-order valence-electron chi connectivity index (χ1n) is 9.88. The Morgan fingerprint density at radius 1 is 1.00 bits per heavy atom. The van der Waals surface area contributed by atoms with Gasteiger partial charge in [-0.15, -0.1) is 0 Å². The predicted octanol–water partition coefficient (Wildman–Crippen LogP) is 4.14. The van der Waals surface area contributed by atoms with Crippen molar-refractivity contribution >= 4 is 26.8 Å². The van der Waals surface area contributed by atoms with Crippen molar-refractivity contribution in [2.75, 3.05) is 13.7 Å². The second-order valence-corrected chi connectivity index (χ2v) is 8.67. The highest BCUT2D eigenvalue weighted by molar-refractivity contribution is 7.90. The molecule has 0 spiro atoms. The number of amidine groups is 1. The van der Waals surface area contributed by atoms with E-state index in [1.165, 1.54) is 0 Å². The van der Waals surface area contributed by atoms with Gasteiger partial charge in [0.25, 0.3) is 10.0 Å². The molecule has 2 N–H and O–H groups in total. The molecule has 7 heteroatoms. The Kier molecular flexibility index (Phi) is 6.04. The SMILES string of the molecule is COc1ccc2[nH]cc(CCN=C(NS(=O)(=O)c3ccccc3)c3ccccc3)c2c1. The molecule has 31 heavy (non-hydrogen) atoms. The highest BCUT2D eigenvalue weighted by Gasteiger charge is 2.17. The van der Waals surface area contributed by atoms with Crippen molar-refractivity contribution in [1.29, 1.82) is 0 Å². The maximum Gasteiger partial charge on any atom is 0.263 e. The van der Waals surface area contributed by atoms with Crippen LogP contribution in [0, 0.1) is 0 Å². The second-order valence-electron chi connectivity index (χ2n) is 6.99. The number of nitrogens with zero attached hydrogens (tertiary/aromatic N) is 1. The van der Waals surface area contributed by atoms with Crippen molar-refractivity contribution < 1.29 is 13.2 Å². The number of methoxy groups -OCH3 is 1. The number of sulfonamides is 1. The molecule has 0 aliphatic carbocycles. The Morgan fingerprint density at radius 2 is 1.71 bits per heavy atom. The normalized spacial score (nSPS) is 12.1. The maximum atomic E-state index is 12.8. The van der Waals surface area contributed by atoms with E-state index >= 15 is 0 Å². The summed E-state index contributed by atoms with van der Waals surface area (Å²) in [4.78, 5) is 8.06. The summed E-state index contributed by atoms with van der Waals surface area (Å²) < 4.78 is 33.7. The highest BCUT2D eigenvalue weighted by atomic mass is 32.2. The molecular weight excluding hydrogens is 410 g/mol. The summed E-state index contributed by atoms with van der Waals surface area (Å²) in [7, 11) is -2.10. The molecule has 4 aromatic rings. The fourth-order valence-corrected chi connectivity index (χ4v) is 4.41. The van der Waals surface area contributed by atoms with Gasteiger partial charge in [0.1, 0.15) is 11.6 Å². The summed E-state index contributed by atoms with van der Waals surface area (Å²) >= 11 is 0. The minimum Gasteiger partial charge on any atom is -0.497 e. The summed E-state index contributed by atoms with van der Waals surface area (Å²) in [5.41, 5.74) is 2.83. The average molecular weight is 434 g/mol. The van der Waals surface area contributed by atoms with Gasteiger partial charge in [-0.1, -0.05) is 48.5 Å². The summed E-state index contributed by atoms with van der Waals surface area (Å²) in [6.07, 6.45) is 2.60. The van der Waals surface area contributed by atoms with Gasteiger partial charge in [0.05, 0.1) is 12.0 Å². The van der Waals surface area contributed by atoms with Crippen LogP contribution in [0.15, 0.2) is 94.9 Å². The van der Waals surface area contributed by atoms with Gasteiger partial charge in [0, 0.05) is 29.2 Å². The molecule has 0 atom stereocenters. The third-order valence-electron chi connectivity index (χ3n) is 4.96. The topological polar surface area (TPSA) is 83.5 Å². The van der Waals surface area contributed by atoms with Gasteiger partial charge in [0.2, 0.25) is 0 Å². The first kappa shape index (κ1) is 20.7. The van der Waals surface area contributed by atoms with Crippen LogP contribution in [0.25, 0.3) is 10.9 Å². The first-order valence-corrected chi connectivity index (χ1v) is 11.4. The molecule has 0 aliphatic heterocycles. The van der Waals surface area contributed by atoms with Crippen LogP contribution >= 0.6 is 0 Å². The minimum absolute atomic E-state index is 0.197. The smallest absolute Gasteiger partial charge is 0.263 e. The number of aromatic amines is 1. The molecule has 1 aromatic heterocycles. The molecule has 0 saturated heterocycles. The molecule has 0 aliphatic rings. The number of hydrogen-bond acceptors (Lipinski definition) is 4. The number of fused-ring (bicyclic) bond motifs is 1. The van der Waals surface area contributed by atoms with Crippen molar-refractivity contribution in [2.24, 2.45) is 4.99 Å². The molecule has 0 radical (unpaired) electrons. The zero-order chi connectivity index (χ0) is 21.7. The standard InChI is InChI=1S/C24H23N3O3S/c1-30-20-12-13-23-22(16-20)19(17-26-23)14-15-25-24(18-8-4-2-5-9-18)27-31(28,29)21-10-6-3-7-11-21/h2-13,16-17,26H,14-15H2,1H3,(H,25,27). The lowest BCUT2D eigenvalue weighted by molar-refractivity contribution is 0.415. The lowest BCUT2D eigenvalue weighted by Gasteiger charge is -2.11. The van der Waals surface area contributed by atoms with Crippen molar-refractivity contribution in [3.63, 3.8) is 0 Å². The fraction of sp³-hybridized carbons (Fsp3) is 0.125. The third kappa shape index (κ3) is 4.78. The van der Waals surface area contributed by atoms with Crippen molar-refractivity contribution in [3.05, 3.63) is 96.2 Å². The zero-order valence-electron chi connectivity index (χ0n) is 17.1. The Morgan fingerprint density at radius 3 is 2.42 bits per heavy atom. The quantitative estimate of drug-likeness (QED) is 0.339. The van der Waals surface area contributed by atoms with E-state index < -0.39 is 10.0 Å². The van der Waals surface area contributed by atoms with E-state index in [1.54, 1.807) is 37.4 Å². The molecule has 6 nitrogen and oxygen atoms in total. The van der Waals surface area contributed by atoms with Gasteiger partial charge in [-0.2, -0.15) is 0 Å². The molecule has 158 valence electrons. The van der Waals surface area contributed by atoms with Crippen LogP contribution in [0.1, 0.15) is 11.1 Å². The van der Waals surface area contributed by atoms with E-state index in [9.17, 15) is 8.42 Å². The van der Waals surface area contributed by atoms with Gasteiger partial charge in [-0.25, -0.2) is 8.42 Å². The van der Waals surface area contributed by atoms with Crippen molar-refractivity contribution in [1.82, 2.24) is 9.71 Å². The average Bonchev–Trinajstić information content (AvgIpc) is 3.21. The molecule has 0 unspecified atom stereocenters. The van der Waals surface area contributed by atoms with Crippen LogP contribution < -0.4 is 9.46 Å². The predicted molar refractivity (Wildman–Crippen MR) is 123 cm³/mol. The Bertz CT molecular complexity index is 1300. The van der Waals surface area contributed by atoms with Gasteiger partial charge >= 0.3 is 0 Å². The fourth-order valence-electron chi connectivity index (χ4n) is 3.34. The minimum atomic E-state index is -3.74. The monoisotopic (exact) mass is 433 g/mol. The van der Waals surface area contributed by atoms with E-state index in [4.69, 9.17) is 4.74 Å². The number of ether oxygens (including phenoxy) is 1. The third-order valence-corrected chi connectivity index (χ3v) is 6.31. The molecule has 1 heterocycles. The number of aliphatic imine (C=N–C) groups is 1. The van der Waals surface area contributed by atoms with E-state index in [1.807, 2.05) is 54.7 Å². The zero-order valence-corrected chi connectivity index (χ0v) is 17.9. The van der Waals surface area contributed by atoms with Gasteiger partial charge in [-0.3, -0.25) is 9.71 Å². The molecule has 0 saturated carbocycles. The summed E-state index contributed by atoms with van der Waals surface area (Å²) in [5.74, 6) is 1.11. The number of hydrogen-bond donors (Lipinski definition) is 2. The van der Waals surface area contributed by atoms with Crippen molar-refractivity contribution in [2.45, 2.75) is 11.3 Å². The molecule has 0 amide bonds. The van der Waals surface area contributed by atoms with Crippen LogP contribution in [0.3, 0.4) is 0 Å². The Hall–Kier alpha value is -3.58. The molecular formula is C24H23N3O3S. The van der Waals surface area contributed by atoms with Gasteiger partial charge in [-0.05, 0) is 42.3 Å². The maximum absolute atomic E-state index is 12.8. The number of benzene rings is 3. The van der Waals surface area contributed by atoms with E-state index in [0.717, 1.165) is 22.2 Å². The lowest BCUT2D eigenvalue weighted by Crippen LogP contribution is -2.31. The van der Waals surface area contributed by atoms with Crippen LogP contribution in [0.5, 0.6) is 5.75 Å². The number of H-pyrrole nitrogens is 1. The van der Waals surface area contributed by atoms with E-state index in [2.05, 4.69) is 14.7 Å². The van der Waals surface area contributed by atoms with Gasteiger partial charge < -0.3 is 9.72 Å². The lowest BCUT2D eigenvalue weighted by atomic mass is 10.1. The Balaban J connectivity index is 1.59. The highest BCUT2D eigenvalue weighted by Crippen LogP contribution is 2.24. The molecule has 0 fully saturated rings. The van der Waals surface area contributed by atoms with Crippen LogP contribution in [0.4, 0.5) is 0 Å². The molecule has 0 bridgehead atoms. The number of nitrogens with one attached hydrogen (secondary N) is 2. The number of rotatable bonds is 7. The van der Waals surface area contributed by atoms with Crippen LogP contribution in [0.2, 0.25) is 0 Å². The largest absolute Gasteiger partial charge is 0.497 e. The van der Waals surface area contributed by atoms with E-state index in [0.29, 0.717) is 24.4 Å². The Labute approximate surface area is 181 Å². The first-order chi connectivity index (χ1) is 15.1. The summed E-state index contributed by atoms with van der Waals surface area (Å²) in [6, 6.07) is 23.4. The molecule has 3 aromatic carbocycles. The van der Waals surface area contributed by atoms with Gasteiger partial charge in [0.15, 0.2) is 0 Å². The van der Waals surface area contributed by atoms with Crippen LogP contribution in [-0.2, 0) is 16.4 Å². The van der Waals surface area contributed by atoms with E-state index in [-0.39, 0.29) is 4.90 Å². The second kappa shape index (κ2) is 9.06. The summed E-state index contributed by atoms with van der Waals surface area (Å²) in [6.45, 7) is 0.422. The number of aromatic nitrogens is 1. The van der Waals surface area contributed by atoms with Crippen LogP contribution in [-0.4, -0.2) is 32.9 Å².